The molecule has 2 heterocycles. The van der Waals surface area contributed by atoms with Gasteiger partial charge in [0.25, 0.3) is 5.91 Å². The molecule has 8 nitrogen and oxygen atoms in total. The minimum atomic E-state index is -1.30. The molecule has 1 atom stereocenters. The number of nitroso groups, excluding NO2 is 1. The van der Waals surface area contributed by atoms with E-state index in [1.54, 1.807) is 25.3 Å². The minimum Gasteiger partial charge on any atom is -1.00 e. The highest BCUT2D eigenvalue weighted by molar-refractivity contribution is 7.74. The third kappa shape index (κ3) is 6.05. The van der Waals surface area contributed by atoms with Gasteiger partial charge in [-0.3, -0.25) is 13.7 Å². The summed E-state index contributed by atoms with van der Waals surface area (Å²) in [6.45, 7) is 3.53. The predicted octanol–water partition coefficient (Wildman–Crippen LogP) is -0.0921. The molecule has 10 heteroatoms. The average Bonchev–Trinajstić information content (AvgIpc) is 2.79. The zero-order chi connectivity index (χ0) is 22.3. The number of pyridine rings is 1. The molecule has 1 saturated heterocycles. The first-order valence-corrected chi connectivity index (χ1v) is 10.7. The highest BCUT2D eigenvalue weighted by Crippen LogP contribution is 2.36. The van der Waals surface area contributed by atoms with E-state index in [0.717, 1.165) is 5.56 Å². The lowest BCUT2D eigenvalue weighted by atomic mass is 9.81. The number of hydrogen-bond acceptors (Lipinski definition) is 7. The van der Waals surface area contributed by atoms with Gasteiger partial charge in [0.1, 0.15) is 12.1 Å². The number of piperidine rings is 1. The van der Waals surface area contributed by atoms with Crippen LogP contribution < -0.4 is 17.7 Å². The first-order chi connectivity index (χ1) is 14.9. The van der Waals surface area contributed by atoms with Gasteiger partial charge in [0, 0.05) is 30.8 Å². The van der Waals surface area contributed by atoms with E-state index in [4.69, 9.17) is 17.6 Å². The fraction of sp³-hybridized carbons (Fsp3) is 0.409. The number of thiol groups is 1. The molecule has 1 aliphatic heterocycles. The van der Waals surface area contributed by atoms with Crippen molar-refractivity contribution in [3.8, 4) is 0 Å². The van der Waals surface area contributed by atoms with E-state index in [0.29, 0.717) is 36.4 Å². The maximum absolute atomic E-state index is 12.8. The molecule has 0 spiro atoms. The van der Waals surface area contributed by atoms with Gasteiger partial charge in [0.2, 0.25) is 0 Å². The van der Waals surface area contributed by atoms with E-state index in [1.165, 1.54) is 6.20 Å². The SMILES string of the molecule is CCOC(=O)C(NC(=O)c1cccnc1)C1(N=O)CC[N+](S)(Cc2ccccc2)CC1.[Cl-]. The Labute approximate surface area is 199 Å². The van der Waals surface area contributed by atoms with Crippen molar-refractivity contribution in [3.05, 3.63) is 70.9 Å². The second-order valence-electron chi connectivity index (χ2n) is 7.78. The van der Waals surface area contributed by atoms with Gasteiger partial charge >= 0.3 is 5.97 Å². The number of nitrogens with one attached hydrogen (secondary N) is 1. The molecular weight excluding hydrogens is 452 g/mol. The molecule has 1 aromatic carbocycles. The molecule has 2 aromatic rings. The monoisotopic (exact) mass is 478 g/mol. The van der Waals surface area contributed by atoms with Crippen molar-refractivity contribution in [1.82, 2.24) is 10.3 Å². The number of nitrogens with zero attached hydrogens (tertiary/aromatic N) is 3. The summed E-state index contributed by atoms with van der Waals surface area (Å²) in [5.41, 5.74) is 0.124. The van der Waals surface area contributed by atoms with E-state index in [2.05, 4.69) is 15.5 Å². The number of esters is 1. The Bertz CT molecular complexity index is 909. The third-order valence-corrected chi connectivity index (χ3v) is 6.22. The van der Waals surface area contributed by atoms with E-state index in [1.807, 2.05) is 30.3 Å². The van der Waals surface area contributed by atoms with Crippen molar-refractivity contribution in [2.75, 3.05) is 19.7 Å². The summed E-state index contributed by atoms with van der Waals surface area (Å²) in [5, 5.41) is 6.05. The molecule has 0 bridgehead atoms. The van der Waals surface area contributed by atoms with E-state index < -0.39 is 23.5 Å². The molecule has 0 saturated carbocycles. The lowest BCUT2D eigenvalue weighted by Crippen LogP contribution is -3.00. The van der Waals surface area contributed by atoms with Gasteiger partial charge in [0.15, 0.2) is 6.04 Å². The molecule has 3 rings (SSSR count). The van der Waals surface area contributed by atoms with Crippen LogP contribution in [0.15, 0.2) is 60.0 Å². The Morgan fingerprint density at radius 1 is 1.22 bits per heavy atom. The molecule has 1 aliphatic rings. The van der Waals surface area contributed by atoms with Gasteiger partial charge in [-0.2, -0.15) is 4.91 Å². The van der Waals surface area contributed by atoms with Gasteiger partial charge in [0.05, 0.1) is 38.1 Å². The number of halogens is 1. The maximum Gasteiger partial charge on any atom is 0.331 e. The van der Waals surface area contributed by atoms with Crippen molar-refractivity contribution in [2.24, 2.45) is 5.18 Å². The highest BCUT2D eigenvalue weighted by Gasteiger charge is 2.52. The Kier molecular flexibility index (Phi) is 9.18. The zero-order valence-corrected chi connectivity index (χ0v) is 19.5. The van der Waals surface area contributed by atoms with Crippen LogP contribution in [0.3, 0.4) is 0 Å². The number of rotatable bonds is 8. The molecule has 0 aliphatic carbocycles. The second kappa shape index (κ2) is 11.4. The molecule has 32 heavy (non-hydrogen) atoms. The van der Waals surface area contributed by atoms with Gasteiger partial charge in [-0.05, 0) is 19.1 Å². The van der Waals surface area contributed by atoms with Crippen LogP contribution >= 0.6 is 12.8 Å². The Hall–Kier alpha value is -2.49. The van der Waals surface area contributed by atoms with Gasteiger partial charge in [-0.25, -0.2) is 4.79 Å². The second-order valence-corrected chi connectivity index (χ2v) is 8.63. The van der Waals surface area contributed by atoms with Crippen LogP contribution in [0, 0.1) is 4.91 Å². The predicted molar refractivity (Wildman–Crippen MR) is 119 cm³/mol. The number of carbonyl (C=O) groups excluding carboxylic acids is 2. The smallest absolute Gasteiger partial charge is 0.331 e. The van der Waals surface area contributed by atoms with Crippen LogP contribution in [0.5, 0.6) is 0 Å². The number of carbonyl (C=O) groups is 2. The zero-order valence-electron chi connectivity index (χ0n) is 17.8. The van der Waals surface area contributed by atoms with Crippen LogP contribution in [-0.4, -0.2) is 52.0 Å². The third-order valence-electron chi connectivity index (χ3n) is 5.68. The molecule has 1 N–H and O–H groups in total. The van der Waals surface area contributed by atoms with Gasteiger partial charge in [-0.1, -0.05) is 35.5 Å². The van der Waals surface area contributed by atoms with E-state index in [9.17, 15) is 14.5 Å². The lowest BCUT2D eigenvalue weighted by molar-refractivity contribution is -0.813. The molecule has 172 valence electrons. The van der Waals surface area contributed by atoms with Crippen molar-refractivity contribution in [3.63, 3.8) is 0 Å². The van der Waals surface area contributed by atoms with Crippen molar-refractivity contribution >= 4 is 24.7 Å². The largest absolute Gasteiger partial charge is 1.00 e. The Morgan fingerprint density at radius 2 is 1.91 bits per heavy atom. The number of aromatic nitrogens is 1. The van der Waals surface area contributed by atoms with E-state index >= 15 is 0 Å². The molecule has 1 aromatic heterocycles. The number of likely N-dealkylation sites (tertiary alicyclic amines) is 1. The number of benzene rings is 1. The summed E-state index contributed by atoms with van der Waals surface area (Å²) >= 11 is 4.85. The summed E-state index contributed by atoms with van der Waals surface area (Å²) in [4.78, 5) is 41.5. The van der Waals surface area contributed by atoms with Crippen LogP contribution in [0.25, 0.3) is 0 Å². The molecule has 1 amide bonds. The Morgan fingerprint density at radius 3 is 2.47 bits per heavy atom. The number of hydrogen-bond donors (Lipinski definition) is 2. The fourth-order valence-electron chi connectivity index (χ4n) is 3.90. The average molecular weight is 479 g/mol. The normalized spacial score (nSPS) is 23.3. The van der Waals surface area contributed by atoms with Crippen molar-refractivity contribution in [1.29, 1.82) is 0 Å². The highest BCUT2D eigenvalue weighted by atomic mass is 35.5. The Balaban J connectivity index is 0.00000363. The topological polar surface area (TPSA) is 97.7 Å². The fourth-order valence-corrected chi connectivity index (χ4v) is 4.27. The van der Waals surface area contributed by atoms with Crippen LogP contribution in [0.2, 0.25) is 0 Å². The summed E-state index contributed by atoms with van der Waals surface area (Å²) in [6, 6.07) is 12.0. The standard InChI is InChI=1S/C22H26N4O4S.ClH/c1-2-30-21(28)19(24-20(27)18-9-6-12-23-15-18)22(25-29)10-13-26(31,14-11-22)16-17-7-4-3-5-8-17;/h3-9,12,15,19,31H,2,10-11,13-14,16H2,1H3;1H. The maximum atomic E-state index is 12.8. The first-order valence-electron chi connectivity index (χ1n) is 10.3. The van der Waals surface area contributed by atoms with Crippen molar-refractivity contribution in [2.45, 2.75) is 37.9 Å². The molecular formula is C22H27ClN4O4S. The lowest BCUT2D eigenvalue weighted by Gasteiger charge is -2.43. The van der Waals surface area contributed by atoms with Crippen molar-refractivity contribution < 1.29 is 30.6 Å². The van der Waals surface area contributed by atoms with Gasteiger partial charge in [-0.15, -0.1) is 0 Å². The minimum absolute atomic E-state index is 0. The molecule has 1 unspecified atom stereocenters. The van der Waals surface area contributed by atoms with Crippen LogP contribution in [0.1, 0.15) is 35.7 Å². The molecule has 1 fully saturated rings. The number of amides is 1. The quantitative estimate of drug-likeness (QED) is 0.239. The van der Waals surface area contributed by atoms with Crippen LogP contribution in [0.4, 0.5) is 0 Å². The summed E-state index contributed by atoms with van der Waals surface area (Å²) in [7, 11) is 0. The summed E-state index contributed by atoms with van der Waals surface area (Å²) < 4.78 is 5.60. The summed E-state index contributed by atoms with van der Waals surface area (Å²) in [5.74, 6) is -1.17. The van der Waals surface area contributed by atoms with Crippen LogP contribution in [-0.2, 0) is 16.1 Å². The molecule has 0 radical (unpaired) electrons. The van der Waals surface area contributed by atoms with Gasteiger partial charge < -0.3 is 22.5 Å². The summed E-state index contributed by atoms with van der Waals surface area (Å²) in [6.07, 6.45) is 3.54. The van der Waals surface area contributed by atoms with E-state index in [-0.39, 0.29) is 24.6 Å². The first kappa shape index (κ1) is 25.8. The number of ether oxygens (including phenoxy) is 1. The number of quaternary nitrogens is 1.